The number of aromatic nitrogens is 2. The Balaban J connectivity index is 1.23. The summed E-state index contributed by atoms with van der Waals surface area (Å²) >= 11 is 0. The molecule has 1 aliphatic heterocycles. The van der Waals surface area contributed by atoms with E-state index in [9.17, 15) is 14.4 Å². The van der Waals surface area contributed by atoms with Gasteiger partial charge < -0.3 is 16.4 Å². The molecule has 218 valence electrons. The molecular weight excluding hydrogens is 528 g/mol. The number of carbonyl (C=O) groups excluding carboxylic acids is 1. The van der Waals surface area contributed by atoms with Crippen molar-refractivity contribution in [2.24, 2.45) is 12.8 Å². The third-order valence-corrected chi connectivity index (χ3v) is 8.13. The third kappa shape index (κ3) is 6.22. The molecule has 0 bridgehead atoms. The molecule has 0 spiro atoms. The van der Waals surface area contributed by atoms with Crippen molar-refractivity contribution >= 4 is 11.7 Å². The van der Waals surface area contributed by atoms with Crippen LogP contribution in [0, 0.1) is 6.92 Å². The summed E-state index contributed by atoms with van der Waals surface area (Å²) in [5, 5.41) is 0. The van der Waals surface area contributed by atoms with Crippen LogP contribution in [-0.4, -0.2) is 57.6 Å². The standard InChI is InChI=1S/C33H38N6O3/c1-23-10-13-26(14-11-23)31(25-8-4-3-5-9-25)38-19-17-37(18-20-38)16-6-7-24-12-15-28(27(21-24)32(35)41)39-29(34)22-30(40)36(2)33(39)42/h3-5,8-15,21-22,31H,6-7,16-20,34H2,1-2H3,(H2,35,41). The van der Waals surface area contributed by atoms with E-state index < -0.39 is 17.2 Å². The maximum Gasteiger partial charge on any atom is 0.336 e. The average Bonchev–Trinajstić information content (AvgIpc) is 2.99. The monoisotopic (exact) mass is 566 g/mol. The van der Waals surface area contributed by atoms with E-state index in [2.05, 4.69) is 71.3 Å². The Morgan fingerprint density at radius 1 is 0.881 bits per heavy atom. The van der Waals surface area contributed by atoms with E-state index in [1.165, 1.54) is 23.7 Å². The SMILES string of the molecule is Cc1ccc(C(c2ccccc2)N2CCN(CCCc3ccc(-n4c(N)cc(=O)n(C)c4=O)c(C(N)=O)c3)CC2)cc1. The number of nitrogens with two attached hydrogens (primary N) is 2. The summed E-state index contributed by atoms with van der Waals surface area (Å²) in [6.07, 6.45) is 1.67. The van der Waals surface area contributed by atoms with Crippen LogP contribution in [0.4, 0.5) is 5.82 Å². The van der Waals surface area contributed by atoms with Gasteiger partial charge in [0.15, 0.2) is 0 Å². The number of benzene rings is 3. The van der Waals surface area contributed by atoms with Crippen LogP contribution in [0.3, 0.4) is 0 Å². The summed E-state index contributed by atoms with van der Waals surface area (Å²) in [5.74, 6) is -0.709. The number of rotatable bonds is 9. The van der Waals surface area contributed by atoms with E-state index >= 15 is 0 Å². The predicted molar refractivity (Wildman–Crippen MR) is 166 cm³/mol. The van der Waals surface area contributed by atoms with E-state index in [0.717, 1.165) is 66.3 Å². The zero-order chi connectivity index (χ0) is 29.8. The Bertz CT molecular complexity index is 1670. The lowest BCUT2D eigenvalue weighted by atomic mass is 9.95. The van der Waals surface area contributed by atoms with Gasteiger partial charge in [-0.05, 0) is 55.1 Å². The topological polar surface area (TPSA) is 120 Å². The van der Waals surface area contributed by atoms with Crippen LogP contribution in [0.15, 0.2) is 88.5 Å². The first kappa shape index (κ1) is 29.0. The summed E-state index contributed by atoms with van der Waals surface area (Å²) in [4.78, 5) is 42.1. The first-order valence-corrected chi connectivity index (χ1v) is 14.3. The van der Waals surface area contributed by atoms with Gasteiger partial charge in [-0.2, -0.15) is 0 Å². The third-order valence-electron chi connectivity index (χ3n) is 8.13. The van der Waals surface area contributed by atoms with E-state index in [1.807, 2.05) is 6.07 Å². The Labute approximate surface area is 245 Å². The Morgan fingerprint density at radius 2 is 1.55 bits per heavy atom. The molecule has 3 aromatic carbocycles. The van der Waals surface area contributed by atoms with Crippen LogP contribution in [0.1, 0.15) is 45.1 Å². The van der Waals surface area contributed by atoms with Crippen molar-refractivity contribution in [3.8, 4) is 5.69 Å². The van der Waals surface area contributed by atoms with Gasteiger partial charge in [-0.1, -0.05) is 66.2 Å². The molecule has 4 N–H and O–H groups in total. The van der Waals surface area contributed by atoms with Crippen LogP contribution >= 0.6 is 0 Å². The average molecular weight is 567 g/mol. The van der Waals surface area contributed by atoms with Gasteiger partial charge in [-0.3, -0.25) is 19.1 Å². The van der Waals surface area contributed by atoms with E-state index in [1.54, 1.807) is 12.1 Å². The van der Waals surface area contributed by atoms with Gasteiger partial charge in [-0.25, -0.2) is 9.36 Å². The van der Waals surface area contributed by atoms with Gasteiger partial charge in [0, 0.05) is 39.3 Å². The van der Waals surface area contributed by atoms with E-state index in [0.29, 0.717) is 0 Å². The maximum absolute atomic E-state index is 12.7. The number of nitrogen functional groups attached to an aromatic ring is 1. The number of hydrogen-bond acceptors (Lipinski definition) is 6. The number of anilines is 1. The molecule has 1 aromatic heterocycles. The maximum atomic E-state index is 12.7. The molecule has 1 fully saturated rings. The molecule has 0 radical (unpaired) electrons. The fraction of sp³-hybridized carbons (Fsp3) is 0.303. The fourth-order valence-corrected chi connectivity index (χ4v) is 5.77. The quantitative estimate of drug-likeness (QED) is 0.322. The lowest BCUT2D eigenvalue weighted by Gasteiger charge is -2.40. The molecule has 9 heteroatoms. The van der Waals surface area contributed by atoms with Crippen LogP contribution in [0.25, 0.3) is 5.69 Å². The number of hydrogen-bond donors (Lipinski definition) is 2. The molecule has 9 nitrogen and oxygen atoms in total. The highest BCUT2D eigenvalue weighted by atomic mass is 16.2. The normalized spacial score (nSPS) is 15.0. The molecule has 42 heavy (non-hydrogen) atoms. The van der Waals surface area contributed by atoms with Gasteiger partial charge >= 0.3 is 5.69 Å². The smallest absolute Gasteiger partial charge is 0.336 e. The zero-order valence-corrected chi connectivity index (χ0v) is 24.2. The van der Waals surface area contributed by atoms with Crippen molar-refractivity contribution in [2.75, 3.05) is 38.5 Å². The Kier molecular flexibility index (Phi) is 8.70. The molecular formula is C33H38N6O3. The molecule has 1 unspecified atom stereocenters. The summed E-state index contributed by atoms with van der Waals surface area (Å²) in [6, 6.07) is 26.2. The van der Waals surface area contributed by atoms with E-state index in [-0.39, 0.29) is 23.1 Å². The van der Waals surface area contributed by atoms with Crippen molar-refractivity contribution in [3.05, 3.63) is 128 Å². The second-order valence-corrected chi connectivity index (χ2v) is 11.0. The second-order valence-electron chi connectivity index (χ2n) is 11.0. The Morgan fingerprint density at radius 3 is 2.21 bits per heavy atom. The van der Waals surface area contributed by atoms with Gasteiger partial charge in [-0.15, -0.1) is 0 Å². The minimum Gasteiger partial charge on any atom is -0.385 e. The molecule has 0 saturated carbocycles. The number of amides is 1. The van der Waals surface area contributed by atoms with Crippen molar-refractivity contribution in [1.29, 1.82) is 0 Å². The molecule has 0 aliphatic carbocycles. The van der Waals surface area contributed by atoms with E-state index in [4.69, 9.17) is 11.5 Å². The first-order chi connectivity index (χ1) is 20.2. The largest absolute Gasteiger partial charge is 0.385 e. The highest BCUT2D eigenvalue weighted by Crippen LogP contribution is 2.30. The molecule has 1 atom stereocenters. The van der Waals surface area contributed by atoms with Crippen LogP contribution in [-0.2, 0) is 13.5 Å². The summed E-state index contributed by atoms with van der Waals surface area (Å²) in [7, 11) is 1.36. The minimum absolute atomic E-state index is 0.0469. The lowest BCUT2D eigenvalue weighted by molar-refractivity contribution is 0.1000. The molecule has 1 aliphatic rings. The number of nitrogens with zero attached hydrogens (tertiary/aromatic N) is 4. The minimum atomic E-state index is -0.662. The summed E-state index contributed by atoms with van der Waals surface area (Å²) in [6.45, 7) is 6.97. The van der Waals surface area contributed by atoms with Crippen molar-refractivity contribution in [1.82, 2.24) is 18.9 Å². The highest BCUT2D eigenvalue weighted by molar-refractivity contribution is 5.97. The van der Waals surface area contributed by atoms with Crippen LogP contribution in [0.5, 0.6) is 0 Å². The second kappa shape index (κ2) is 12.6. The summed E-state index contributed by atoms with van der Waals surface area (Å²) in [5.41, 5.74) is 15.8. The fourth-order valence-electron chi connectivity index (χ4n) is 5.77. The van der Waals surface area contributed by atoms with Crippen molar-refractivity contribution in [3.63, 3.8) is 0 Å². The van der Waals surface area contributed by atoms with Crippen LogP contribution < -0.4 is 22.7 Å². The van der Waals surface area contributed by atoms with Gasteiger partial charge in [0.1, 0.15) is 5.82 Å². The molecule has 1 amide bonds. The van der Waals surface area contributed by atoms with Gasteiger partial charge in [0.2, 0.25) is 0 Å². The Hall–Kier alpha value is -4.47. The number of primary amides is 1. The molecule has 1 saturated heterocycles. The van der Waals surface area contributed by atoms with Gasteiger partial charge in [0.25, 0.3) is 11.5 Å². The molecule has 4 aromatic rings. The van der Waals surface area contributed by atoms with Crippen LogP contribution in [0.2, 0.25) is 0 Å². The van der Waals surface area contributed by atoms with Gasteiger partial charge in [0.05, 0.1) is 17.3 Å². The number of carbonyl (C=O) groups is 1. The zero-order valence-electron chi connectivity index (χ0n) is 24.2. The lowest BCUT2D eigenvalue weighted by Crippen LogP contribution is -2.48. The predicted octanol–water partition coefficient (Wildman–Crippen LogP) is 2.87. The summed E-state index contributed by atoms with van der Waals surface area (Å²) < 4.78 is 2.09. The van der Waals surface area contributed by atoms with Crippen molar-refractivity contribution in [2.45, 2.75) is 25.8 Å². The van der Waals surface area contributed by atoms with Crippen molar-refractivity contribution < 1.29 is 4.79 Å². The number of aryl methyl sites for hydroxylation is 2. The first-order valence-electron chi connectivity index (χ1n) is 14.3. The molecule has 2 heterocycles. The molecule has 5 rings (SSSR count). The number of piperazine rings is 1. The highest BCUT2D eigenvalue weighted by Gasteiger charge is 2.26.